The smallest absolute Gasteiger partial charge is 0.119 e. The van der Waals surface area contributed by atoms with Gasteiger partial charge < -0.3 is 19.9 Å². The van der Waals surface area contributed by atoms with Crippen molar-refractivity contribution in [2.24, 2.45) is 0 Å². The molecule has 5 nitrogen and oxygen atoms in total. The Morgan fingerprint density at radius 2 is 1.52 bits per heavy atom. The first-order chi connectivity index (χ1) is 15.0. The third-order valence-corrected chi connectivity index (χ3v) is 6.09. The largest absolute Gasteiger partial charge is 0.494 e. The van der Waals surface area contributed by atoms with Gasteiger partial charge in [-0.05, 0) is 41.8 Å². The van der Waals surface area contributed by atoms with Crippen LogP contribution in [0.15, 0.2) is 48.5 Å². The van der Waals surface area contributed by atoms with Crippen LogP contribution in [0.5, 0.6) is 11.5 Å². The topological polar surface area (TPSA) is 54.0 Å². The van der Waals surface area contributed by atoms with Gasteiger partial charge in [0.05, 0.1) is 6.61 Å². The SMILES string of the molecule is CC(C)(c1ccc(OCCCCl)cc1)c1ccc(OCC(O)CN2CCNCC2)cc1. The van der Waals surface area contributed by atoms with Crippen LogP contribution in [0.3, 0.4) is 0 Å². The van der Waals surface area contributed by atoms with E-state index in [4.69, 9.17) is 21.1 Å². The van der Waals surface area contributed by atoms with Crippen molar-refractivity contribution >= 4 is 11.6 Å². The standard InChI is InChI=1S/C25H35ClN2O3/c1-25(2,20-4-8-23(9-5-20)30-17-3-12-26)21-6-10-24(11-7-21)31-19-22(29)18-28-15-13-27-14-16-28/h4-11,22,27,29H,3,12-19H2,1-2H3. The molecule has 0 spiro atoms. The number of hydrogen-bond acceptors (Lipinski definition) is 5. The predicted octanol–water partition coefficient (Wildman–Crippen LogP) is 3.67. The molecule has 1 saturated heterocycles. The zero-order valence-electron chi connectivity index (χ0n) is 18.6. The van der Waals surface area contributed by atoms with Crippen LogP contribution in [0.2, 0.25) is 0 Å². The highest BCUT2D eigenvalue weighted by atomic mass is 35.5. The lowest BCUT2D eigenvalue weighted by Crippen LogP contribution is -2.47. The number of alkyl halides is 1. The number of nitrogens with zero attached hydrogens (tertiary/aromatic N) is 1. The monoisotopic (exact) mass is 446 g/mol. The number of nitrogens with one attached hydrogen (secondary N) is 1. The molecule has 2 N–H and O–H groups in total. The van der Waals surface area contributed by atoms with Crippen LogP contribution in [-0.4, -0.2) is 67.9 Å². The van der Waals surface area contributed by atoms with Crippen molar-refractivity contribution in [2.75, 3.05) is 51.8 Å². The molecule has 2 aromatic rings. The molecule has 170 valence electrons. The van der Waals surface area contributed by atoms with E-state index >= 15 is 0 Å². The molecule has 0 aromatic heterocycles. The minimum absolute atomic E-state index is 0.144. The molecule has 0 radical (unpaired) electrons. The van der Waals surface area contributed by atoms with Gasteiger partial charge in [0.15, 0.2) is 0 Å². The maximum Gasteiger partial charge on any atom is 0.119 e. The molecule has 1 fully saturated rings. The number of ether oxygens (including phenoxy) is 2. The van der Waals surface area contributed by atoms with Gasteiger partial charge >= 0.3 is 0 Å². The van der Waals surface area contributed by atoms with Crippen LogP contribution >= 0.6 is 11.6 Å². The molecular weight excluding hydrogens is 412 g/mol. The number of halogens is 1. The summed E-state index contributed by atoms with van der Waals surface area (Å²) in [5, 5.41) is 13.6. The second-order valence-electron chi connectivity index (χ2n) is 8.58. The van der Waals surface area contributed by atoms with Gasteiger partial charge in [-0.15, -0.1) is 11.6 Å². The third kappa shape index (κ3) is 7.11. The van der Waals surface area contributed by atoms with Crippen molar-refractivity contribution in [3.63, 3.8) is 0 Å². The Bertz CT molecular complexity index is 774. The van der Waals surface area contributed by atoms with Crippen LogP contribution in [-0.2, 0) is 5.41 Å². The van der Waals surface area contributed by atoms with Gasteiger partial charge in [-0.3, -0.25) is 4.90 Å². The van der Waals surface area contributed by atoms with Gasteiger partial charge in [-0.2, -0.15) is 0 Å². The fourth-order valence-electron chi connectivity index (χ4n) is 3.78. The van der Waals surface area contributed by atoms with Gasteiger partial charge in [0.1, 0.15) is 24.2 Å². The van der Waals surface area contributed by atoms with E-state index < -0.39 is 6.10 Å². The lowest BCUT2D eigenvalue weighted by atomic mass is 9.78. The van der Waals surface area contributed by atoms with E-state index in [-0.39, 0.29) is 5.41 Å². The zero-order chi connectivity index (χ0) is 22.1. The highest BCUT2D eigenvalue weighted by Gasteiger charge is 2.23. The summed E-state index contributed by atoms with van der Waals surface area (Å²) in [4.78, 5) is 2.27. The number of aliphatic hydroxyl groups is 1. The summed E-state index contributed by atoms with van der Waals surface area (Å²) in [5.74, 6) is 2.26. The Kier molecular flexibility index (Phi) is 9.02. The van der Waals surface area contributed by atoms with E-state index in [1.807, 2.05) is 24.3 Å². The molecule has 0 saturated carbocycles. The molecule has 0 bridgehead atoms. The molecule has 1 atom stereocenters. The molecule has 1 heterocycles. The van der Waals surface area contributed by atoms with E-state index in [9.17, 15) is 5.11 Å². The summed E-state index contributed by atoms with van der Waals surface area (Å²) in [7, 11) is 0. The number of piperazine rings is 1. The summed E-state index contributed by atoms with van der Waals surface area (Å²) in [5.41, 5.74) is 2.28. The van der Waals surface area contributed by atoms with Crippen molar-refractivity contribution in [1.29, 1.82) is 0 Å². The van der Waals surface area contributed by atoms with Gasteiger partial charge in [0.2, 0.25) is 0 Å². The van der Waals surface area contributed by atoms with Gasteiger partial charge in [0.25, 0.3) is 0 Å². The lowest BCUT2D eigenvalue weighted by Gasteiger charge is -2.29. The molecule has 0 aliphatic carbocycles. The van der Waals surface area contributed by atoms with Crippen molar-refractivity contribution in [1.82, 2.24) is 10.2 Å². The second-order valence-corrected chi connectivity index (χ2v) is 8.96. The Labute approximate surface area is 191 Å². The molecule has 1 unspecified atom stereocenters. The van der Waals surface area contributed by atoms with Crippen LogP contribution in [0.4, 0.5) is 0 Å². The Morgan fingerprint density at radius 3 is 2.06 bits per heavy atom. The molecule has 2 aromatic carbocycles. The van der Waals surface area contributed by atoms with E-state index in [1.165, 1.54) is 11.1 Å². The first-order valence-corrected chi connectivity index (χ1v) is 11.7. The van der Waals surface area contributed by atoms with Crippen LogP contribution < -0.4 is 14.8 Å². The van der Waals surface area contributed by atoms with Gasteiger partial charge in [-0.1, -0.05) is 38.1 Å². The van der Waals surface area contributed by atoms with E-state index in [0.29, 0.717) is 25.6 Å². The molecule has 31 heavy (non-hydrogen) atoms. The summed E-state index contributed by atoms with van der Waals surface area (Å²) in [6.45, 7) is 9.92. The van der Waals surface area contributed by atoms with E-state index in [1.54, 1.807) is 0 Å². The van der Waals surface area contributed by atoms with Crippen LogP contribution in [0.25, 0.3) is 0 Å². The quantitative estimate of drug-likeness (QED) is 0.407. The van der Waals surface area contributed by atoms with Crippen LogP contribution in [0, 0.1) is 0 Å². The van der Waals surface area contributed by atoms with Crippen molar-refractivity contribution in [3.8, 4) is 11.5 Å². The summed E-state index contributed by atoms with van der Waals surface area (Å²) in [6, 6.07) is 16.4. The van der Waals surface area contributed by atoms with Crippen LogP contribution in [0.1, 0.15) is 31.4 Å². The fraction of sp³-hybridized carbons (Fsp3) is 0.520. The summed E-state index contributed by atoms with van der Waals surface area (Å²) in [6.07, 6.45) is 0.357. The highest BCUT2D eigenvalue weighted by Crippen LogP contribution is 2.33. The third-order valence-electron chi connectivity index (χ3n) is 5.82. The number of aliphatic hydroxyl groups excluding tert-OH is 1. The summed E-state index contributed by atoms with van der Waals surface area (Å²) >= 11 is 5.70. The molecule has 1 aliphatic rings. The average molecular weight is 447 g/mol. The first kappa shape index (κ1) is 23.9. The van der Waals surface area contributed by atoms with Crippen molar-refractivity contribution in [3.05, 3.63) is 59.7 Å². The van der Waals surface area contributed by atoms with E-state index in [0.717, 1.165) is 44.1 Å². The number of rotatable bonds is 11. The van der Waals surface area contributed by atoms with E-state index in [2.05, 4.69) is 48.3 Å². The Hall–Kier alpha value is -1.79. The minimum Gasteiger partial charge on any atom is -0.494 e. The zero-order valence-corrected chi connectivity index (χ0v) is 19.4. The molecule has 3 rings (SSSR count). The van der Waals surface area contributed by atoms with Crippen molar-refractivity contribution in [2.45, 2.75) is 31.8 Å². The van der Waals surface area contributed by atoms with Gasteiger partial charge in [-0.25, -0.2) is 0 Å². The van der Waals surface area contributed by atoms with Crippen molar-refractivity contribution < 1.29 is 14.6 Å². The second kappa shape index (κ2) is 11.7. The van der Waals surface area contributed by atoms with Gasteiger partial charge in [0, 0.05) is 44.0 Å². The summed E-state index contributed by atoms with van der Waals surface area (Å²) < 4.78 is 11.5. The number of β-amino-alcohol motifs (C(OH)–C–C–N with tert-alkyl or cyclic N) is 1. The maximum absolute atomic E-state index is 10.3. The fourth-order valence-corrected chi connectivity index (χ4v) is 3.89. The Balaban J connectivity index is 1.53. The number of hydrogen-bond donors (Lipinski definition) is 2. The normalized spacial score (nSPS) is 16.1. The molecule has 0 amide bonds. The predicted molar refractivity (Wildman–Crippen MR) is 127 cm³/mol. The Morgan fingerprint density at radius 1 is 0.968 bits per heavy atom. The lowest BCUT2D eigenvalue weighted by molar-refractivity contribution is 0.0641. The highest BCUT2D eigenvalue weighted by molar-refractivity contribution is 6.17. The number of benzene rings is 2. The maximum atomic E-state index is 10.3. The molecule has 1 aliphatic heterocycles. The average Bonchev–Trinajstić information content (AvgIpc) is 2.79. The molecular formula is C25H35ClN2O3. The minimum atomic E-state index is -0.487. The molecule has 6 heteroatoms. The first-order valence-electron chi connectivity index (χ1n) is 11.1.